The van der Waals surface area contributed by atoms with Crippen LogP contribution >= 0.6 is 35.7 Å². The van der Waals surface area contributed by atoms with E-state index in [1.165, 1.54) is 0 Å². The summed E-state index contributed by atoms with van der Waals surface area (Å²) in [7, 11) is 3.61. The molecule has 1 saturated carbocycles. The van der Waals surface area contributed by atoms with E-state index in [2.05, 4.69) is 42.7 Å². The fourth-order valence-corrected chi connectivity index (χ4v) is 2.46. The van der Waals surface area contributed by atoms with Crippen LogP contribution in [0.25, 0.3) is 0 Å². The zero-order valence-corrected chi connectivity index (χ0v) is 16.0. The third-order valence-electron chi connectivity index (χ3n) is 3.96. The maximum Gasteiger partial charge on any atom is 0.191 e. The average Bonchev–Trinajstić information content (AvgIpc) is 2.36. The van der Waals surface area contributed by atoms with Crippen LogP contribution in [0.5, 0.6) is 0 Å². The Morgan fingerprint density at radius 3 is 2.58 bits per heavy atom. The molecule has 19 heavy (non-hydrogen) atoms. The van der Waals surface area contributed by atoms with Crippen LogP contribution in [0.2, 0.25) is 0 Å². The van der Waals surface area contributed by atoms with Gasteiger partial charge in [-0.2, -0.15) is 11.8 Å². The lowest BCUT2D eigenvalue weighted by atomic mass is 9.64. The Morgan fingerprint density at radius 1 is 1.53 bits per heavy atom. The molecule has 0 bridgehead atoms. The molecular weight excluding hydrogens is 373 g/mol. The van der Waals surface area contributed by atoms with Crippen molar-refractivity contribution in [3.63, 3.8) is 0 Å². The van der Waals surface area contributed by atoms with Crippen molar-refractivity contribution in [1.29, 1.82) is 0 Å². The Bertz CT molecular complexity index is 300. The SMILES string of the molecule is CN=C(NCC(C)SC)NC1CC(OC)C1(C)C.I. The van der Waals surface area contributed by atoms with Gasteiger partial charge in [0.05, 0.1) is 6.10 Å². The molecule has 1 rings (SSSR count). The number of nitrogens with zero attached hydrogens (tertiary/aromatic N) is 1. The number of ether oxygens (including phenoxy) is 1. The topological polar surface area (TPSA) is 45.7 Å². The molecule has 2 N–H and O–H groups in total. The Morgan fingerprint density at radius 2 is 2.16 bits per heavy atom. The normalized spacial score (nSPS) is 26.9. The standard InChI is InChI=1S/C13H27N3OS.HI/c1-9(18-6)8-15-12(14-4)16-10-7-11(17-5)13(10,2)3;/h9-11H,7-8H2,1-6H3,(H2,14,15,16);1H. The molecule has 0 aromatic heterocycles. The summed E-state index contributed by atoms with van der Waals surface area (Å²) in [5.41, 5.74) is 0.164. The minimum Gasteiger partial charge on any atom is -0.381 e. The number of guanidine groups is 1. The lowest BCUT2D eigenvalue weighted by Crippen LogP contribution is -2.63. The molecule has 0 amide bonds. The minimum atomic E-state index is 0. The first-order valence-electron chi connectivity index (χ1n) is 6.48. The predicted octanol–water partition coefficient (Wildman–Crippen LogP) is 2.33. The van der Waals surface area contributed by atoms with Crippen molar-refractivity contribution in [3.05, 3.63) is 0 Å². The molecule has 0 aromatic carbocycles. The van der Waals surface area contributed by atoms with Gasteiger partial charge in [-0.3, -0.25) is 4.99 Å². The Labute approximate surface area is 138 Å². The molecule has 0 aliphatic heterocycles. The summed E-state index contributed by atoms with van der Waals surface area (Å²) >= 11 is 1.85. The first-order valence-corrected chi connectivity index (χ1v) is 7.77. The van der Waals surface area contributed by atoms with Crippen LogP contribution in [-0.2, 0) is 4.74 Å². The van der Waals surface area contributed by atoms with E-state index in [1.807, 2.05) is 18.8 Å². The van der Waals surface area contributed by atoms with Crippen LogP contribution < -0.4 is 10.6 Å². The van der Waals surface area contributed by atoms with E-state index in [9.17, 15) is 0 Å². The molecule has 3 unspecified atom stereocenters. The highest BCUT2D eigenvalue weighted by Gasteiger charge is 2.48. The quantitative estimate of drug-likeness (QED) is 0.422. The van der Waals surface area contributed by atoms with Gasteiger partial charge in [0.1, 0.15) is 0 Å². The molecular formula is C13H28IN3OS. The van der Waals surface area contributed by atoms with Gasteiger partial charge in [0, 0.05) is 37.4 Å². The Balaban J connectivity index is 0.00000324. The molecule has 0 spiro atoms. The number of halogens is 1. The van der Waals surface area contributed by atoms with Crippen LogP contribution in [0.1, 0.15) is 27.2 Å². The molecule has 0 radical (unpaired) electrons. The predicted molar refractivity (Wildman–Crippen MR) is 95.9 cm³/mol. The molecule has 114 valence electrons. The van der Waals surface area contributed by atoms with E-state index in [0.717, 1.165) is 18.9 Å². The number of thioether (sulfide) groups is 1. The molecule has 1 fully saturated rings. The van der Waals surface area contributed by atoms with Gasteiger partial charge in [-0.1, -0.05) is 20.8 Å². The second-order valence-electron chi connectivity index (χ2n) is 5.48. The van der Waals surface area contributed by atoms with Crippen LogP contribution in [0, 0.1) is 5.41 Å². The maximum absolute atomic E-state index is 5.46. The first-order chi connectivity index (χ1) is 8.45. The van der Waals surface area contributed by atoms with Crippen molar-refractivity contribution in [3.8, 4) is 0 Å². The van der Waals surface area contributed by atoms with Gasteiger partial charge in [0.25, 0.3) is 0 Å². The van der Waals surface area contributed by atoms with Crippen molar-refractivity contribution < 1.29 is 4.74 Å². The van der Waals surface area contributed by atoms with Gasteiger partial charge in [-0.25, -0.2) is 0 Å². The van der Waals surface area contributed by atoms with E-state index < -0.39 is 0 Å². The van der Waals surface area contributed by atoms with Crippen molar-refractivity contribution in [1.82, 2.24) is 10.6 Å². The fraction of sp³-hybridized carbons (Fsp3) is 0.923. The number of aliphatic imine (C=N–C) groups is 1. The highest BCUT2D eigenvalue weighted by molar-refractivity contribution is 14.0. The number of hydrogen-bond acceptors (Lipinski definition) is 3. The Kier molecular flexibility index (Phi) is 8.70. The van der Waals surface area contributed by atoms with Crippen LogP contribution in [0.4, 0.5) is 0 Å². The molecule has 4 nitrogen and oxygen atoms in total. The second kappa shape index (κ2) is 8.56. The summed E-state index contributed by atoms with van der Waals surface area (Å²) in [5, 5.41) is 7.44. The van der Waals surface area contributed by atoms with Crippen molar-refractivity contribution in [2.45, 2.75) is 44.6 Å². The van der Waals surface area contributed by atoms with Crippen LogP contribution in [0.15, 0.2) is 4.99 Å². The summed E-state index contributed by atoms with van der Waals surface area (Å²) in [6, 6.07) is 0.429. The lowest BCUT2D eigenvalue weighted by molar-refractivity contribution is -0.0922. The fourth-order valence-electron chi connectivity index (χ4n) is 2.21. The van der Waals surface area contributed by atoms with Gasteiger partial charge >= 0.3 is 0 Å². The van der Waals surface area contributed by atoms with Gasteiger partial charge < -0.3 is 15.4 Å². The molecule has 0 saturated heterocycles. The first kappa shape index (κ1) is 19.3. The van der Waals surface area contributed by atoms with E-state index >= 15 is 0 Å². The highest BCUT2D eigenvalue weighted by Crippen LogP contribution is 2.42. The molecule has 6 heteroatoms. The molecule has 3 atom stereocenters. The lowest BCUT2D eigenvalue weighted by Gasteiger charge is -2.51. The van der Waals surface area contributed by atoms with Gasteiger partial charge in [-0.15, -0.1) is 24.0 Å². The zero-order valence-electron chi connectivity index (χ0n) is 12.8. The van der Waals surface area contributed by atoms with Gasteiger partial charge in [-0.05, 0) is 12.7 Å². The third kappa shape index (κ3) is 4.97. The number of rotatable bonds is 5. The van der Waals surface area contributed by atoms with Crippen molar-refractivity contribution >= 4 is 41.7 Å². The van der Waals surface area contributed by atoms with Crippen LogP contribution in [0.3, 0.4) is 0 Å². The number of nitrogens with one attached hydrogen (secondary N) is 2. The molecule has 0 heterocycles. The highest BCUT2D eigenvalue weighted by atomic mass is 127. The number of hydrogen-bond donors (Lipinski definition) is 2. The van der Waals surface area contributed by atoms with Crippen molar-refractivity contribution in [2.75, 3.05) is 27.0 Å². The number of methoxy groups -OCH3 is 1. The van der Waals surface area contributed by atoms with E-state index in [-0.39, 0.29) is 29.4 Å². The van der Waals surface area contributed by atoms with E-state index in [0.29, 0.717) is 17.4 Å². The largest absolute Gasteiger partial charge is 0.381 e. The molecule has 1 aliphatic rings. The minimum absolute atomic E-state index is 0. The monoisotopic (exact) mass is 401 g/mol. The summed E-state index contributed by atoms with van der Waals surface area (Å²) in [5.74, 6) is 0.892. The summed E-state index contributed by atoms with van der Waals surface area (Å²) in [4.78, 5) is 4.28. The van der Waals surface area contributed by atoms with Crippen LogP contribution in [-0.4, -0.2) is 50.3 Å². The summed E-state index contributed by atoms with van der Waals surface area (Å²) in [6.07, 6.45) is 3.52. The zero-order chi connectivity index (χ0) is 13.8. The van der Waals surface area contributed by atoms with E-state index in [4.69, 9.17) is 4.74 Å². The average molecular weight is 401 g/mol. The Hall–Kier alpha value is 0.310. The molecule has 1 aliphatic carbocycles. The van der Waals surface area contributed by atoms with E-state index in [1.54, 1.807) is 7.11 Å². The second-order valence-corrected chi connectivity index (χ2v) is 6.75. The summed E-state index contributed by atoms with van der Waals surface area (Å²) < 4.78 is 5.46. The smallest absolute Gasteiger partial charge is 0.191 e. The summed E-state index contributed by atoms with van der Waals surface area (Å²) in [6.45, 7) is 7.61. The third-order valence-corrected chi connectivity index (χ3v) is 4.93. The maximum atomic E-state index is 5.46. The van der Waals surface area contributed by atoms with Gasteiger partial charge in [0.2, 0.25) is 0 Å². The molecule has 0 aromatic rings. The van der Waals surface area contributed by atoms with Crippen molar-refractivity contribution in [2.24, 2.45) is 10.4 Å². The van der Waals surface area contributed by atoms with Gasteiger partial charge in [0.15, 0.2) is 5.96 Å².